The lowest BCUT2D eigenvalue weighted by molar-refractivity contribution is -0.162. The second-order valence-corrected chi connectivity index (χ2v) is 17.9. The minimum atomic E-state index is -0.718. The molecule has 2 aromatic heterocycles. The second kappa shape index (κ2) is 24.5. The largest absolute Gasteiger partial charge is 0.353 e. The van der Waals surface area contributed by atoms with Gasteiger partial charge in [0.15, 0.2) is 18.4 Å². The quantitative estimate of drug-likeness (QED) is 0.0292. The first kappa shape index (κ1) is 49.5. The Balaban J connectivity index is 0.000000178. The molecule has 364 valence electrons. The summed E-state index contributed by atoms with van der Waals surface area (Å²) in [6.45, 7) is 2.13. The van der Waals surface area contributed by atoms with Crippen molar-refractivity contribution in [1.82, 2.24) is 19.1 Å². The second-order valence-electron chi connectivity index (χ2n) is 17.9. The molecule has 8 aromatic rings. The maximum absolute atomic E-state index is 13.1. The number of nitrogens with zero attached hydrogens (tertiary/aromatic N) is 4. The molecular formula is C62H60N4O6. The van der Waals surface area contributed by atoms with Crippen molar-refractivity contribution < 1.29 is 28.5 Å². The Morgan fingerprint density at radius 3 is 1.28 bits per heavy atom. The van der Waals surface area contributed by atoms with Crippen LogP contribution >= 0.6 is 0 Å². The SMILES string of the molecule is O=C(C#CCOC1CCCCO1)c1cn(C(c2ccccc2)(c2ccccc2)c2ccccc2)cn1.O=C(CCCOC1CCCCO1)c1cn(C(c2ccccc2)(c2ccccc2)c2ccccc2)cn1. The van der Waals surface area contributed by atoms with E-state index in [1.807, 2.05) is 83.6 Å². The highest BCUT2D eigenvalue weighted by molar-refractivity contribution is 6.07. The van der Waals surface area contributed by atoms with E-state index in [9.17, 15) is 9.59 Å². The standard InChI is InChI=1S/C31H32N2O3.C31H28N2O3/c2*34-29(19-12-22-36-30-20-10-11-21-35-30)28-23-33(24-32-28)31(25-13-4-1-5-14-25,26-15-6-2-7-16-26)27-17-8-3-9-18-27/h1-9,13-18,23-24,30H,10-12,19-22H2;1-9,13-18,23-24,30H,10-11,20-22H2. The van der Waals surface area contributed by atoms with Gasteiger partial charge in [-0.25, -0.2) is 9.97 Å². The van der Waals surface area contributed by atoms with Gasteiger partial charge in [-0.15, -0.1) is 0 Å². The molecule has 2 aliphatic rings. The summed E-state index contributed by atoms with van der Waals surface area (Å²) in [4.78, 5) is 35.0. The van der Waals surface area contributed by atoms with Crippen molar-refractivity contribution in [2.45, 2.75) is 75.0 Å². The predicted octanol–water partition coefficient (Wildman–Crippen LogP) is 11.7. The number of aromatic nitrogens is 4. The van der Waals surface area contributed by atoms with E-state index in [4.69, 9.17) is 18.9 Å². The smallest absolute Gasteiger partial charge is 0.255 e. The summed E-state index contributed by atoms with van der Waals surface area (Å²) in [5.74, 6) is 5.18. The van der Waals surface area contributed by atoms with Gasteiger partial charge in [0.1, 0.15) is 29.1 Å². The highest BCUT2D eigenvalue weighted by Gasteiger charge is 2.40. The minimum Gasteiger partial charge on any atom is -0.353 e. The third-order valence-electron chi connectivity index (χ3n) is 13.3. The van der Waals surface area contributed by atoms with Crippen LogP contribution in [0.2, 0.25) is 0 Å². The van der Waals surface area contributed by atoms with Crippen molar-refractivity contribution in [2.24, 2.45) is 0 Å². The average molecular weight is 957 g/mol. The van der Waals surface area contributed by atoms with Crippen molar-refractivity contribution in [3.63, 3.8) is 0 Å². The summed E-state index contributed by atoms with van der Waals surface area (Å²) in [6.07, 6.45) is 14.0. The summed E-state index contributed by atoms with van der Waals surface area (Å²) in [5.41, 5.74) is 5.85. The fourth-order valence-corrected chi connectivity index (χ4v) is 9.82. The third kappa shape index (κ3) is 11.3. The molecule has 6 aromatic carbocycles. The van der Waals surface area contributed by atoms with Gasteiger partial charge in [-0.05, 0) is 84.2 Å². The van der Waals surface area contributed by atoms with E-state index in [-0.39, 0.29) is 30.8 Å². The van der Waals surface area contributed by atoms with Crippen LogP contribution < -0.4 is 0 Å². The first-order valence-electron chi connectivity index (χ1n) is 25.0. The highest BCUT2D eigenvalue weighted by Crippen LogP contribution is 2.42. The summed E-state index contributed by atoms with van der Waals surface area (Å²) >= 11 is 0. The molecule has 0 radical (unpaired) electrons. The van der Waals surface area contributed by atoms with Gasteiger partial charge in [-0.3, -0.25) is 9.59 Å². The number of hydrogen-bond donors (Lipinski definition) is 0. The molecule has 10 heteroatoms. The molecule has 0 amide bonds. The van der Waals surface area contributed by atoms with Crippen molar-refractivity contribution >= 4 is 11.6 Å². The van der Waals surface area contributed by atoms with Gasteiger partial charge < -0.3 is 28.1 Å². The van der Waals surface area contributed by atoms with Gasteiger partial charge in [-0.1, -0.05) is 188 Å². The lowest BCUT2D eigenvalue weighted by atomic mass is 9.77. The molecule has 0 spiro atoms. The molecular weight excluding hydrogens is 897 g/mol. The van der Waals surface area contributed by atoms with Gasteiger partial charge in [0, 0.05) is 32.0 Å². The normalized spacial score (nSPS) is 15.8. The molecule has 4 heterocycles. The molecule has 2 fully saturated rings. The zero-order chi connectivity index (χ0) is 49.3. The molecule has 2 aliphatic heterocycles. The van der Waals surface area contributed by atoms with Crippen LogP contribution in [0.25, 0.3) is 0 Å². The van der Waals surface area contributed by atoms with Crippen LogP contribution in [0.5, 0.6) is 0 Å². The van der Waals surface area contributed by atoms with Crippen LogP contribution in [0.4, 0.5) is 0 Å². The fourth-order valence-electron chi connectivity index (χ4n) is 9.82. The van der Waals surface area contributed by atoms with Crippen LogP contribution in [0.3, 0.4) is 0 Å². The molecule has 2 saturated heterocycles. The van der Waals surface area contributed by atoms with Gasteiger partial charge in [0.05, 0.1) is 19.3 Å². The Morgan fingerprint density at radius 1 is 0.514 bits per heavy atom. The molecule has 0 N–H and O–H groups in total. The van der Waals surface area contributed by atoms with Gasteiger partial charge in [0.25, 0.3) is 5.78 Å². The van der Waals surface area contributed by atoms with Gasteiger partial charge >= 0.3 is 0 Å². The minimum absolute atomic E-state index is 0.0185. The Kier molecular flexibility index (Phi) is 16.9. The lowest BCUT2D eigenvalue weighted by Crippen LogP contribution is -2.37. The van der Waals surface area contributed by atoms with Crippen LogP contribution in [0, 0.1) is 11.8 Å². The predicted molar refractivity (Wildman–Crippen MR) is 278 cm³/mol. The Bertz CT molecular complexity index is 2780. The number of imidazole rings is 2. The molecule has 72 heavy (non-hydrogen) atoms. The Morgan fingerprint density at radius 2 is 0.889 bits per heavy atom. The molecule has 0 bridgehead atoms. The number of hydrogen-bond acceptors (Lipinski definition) is 8. The van der Waals surface area contributed by atoms with Gasteiger partial charge in [-0.2, -0.15) is 0 Å². The van der Waals surface area contributed by atoms with Crippen molar-refractivity contribution in [3.05, 3.63) is 252 Å². The number of rotatable bonds is 17. The Labute approximate surface area is 422 Å². The molecule has 2 unspecified atom stereocenters. The van der Waals surface area contributed by atoms with E-state index in [0.717, 1.165) is 78.5 Å². The van der Waals surface area contributed by atoms with Crippen molar-refractivity contribution in [3.8, 4) is 11.8 Å². The monoisotopic (exact) mass is 956 g/mol. The summed E-state index contributed by atoms with van der Waals surface area (Å²) in [6, 6.07) is 62.0. The Hall–Kier alpha value is -7.52. The van der Waals surface area contributed by atoms with Crippen LogP contribution in [0.1, 0.15) is 106 Å². The highest BCUT2D eigenvalue weighted by atomic mass is 16.7. The molecule has 0 saturated carbocycles. The zero-order valence-corrected chi connectivity index (χ0v) is 40.5. The number of ketones is 2. The topological polar surface area (TPSA) is 107 Å². The van der Waals surface area contributed by atoms with E-state index < -0.39 is 11.1 Å². The number of benzene rings is 6. The number of carbonyl (C=O) groups is 2. The van der Waals surface area contributed by atoms with E-state index in [0.29, 0.717) is 37.4 Å². The average Bonchev–Trinajstić information content (AvgIpc) is 4.17. The first-order chi connectivity index (χ1) is 35.6. The van der Waals surface area contributed by atoms with Gasteiger partial charge in [0.2, 0.25) is 0 Å². The van der Waals surface area contributed by atoms with Crippen molar-refractivity contribution in [1.29, 1.82) is 0 Å². The van der Waals surface area contributed by atoms with E-state index >= 15 is 0 Å². The molecule has 2 atom stereocenters. The maximum Gasteiger partial charge on any atom is 0.255 e. The third-order valence-corrected chi connectivity index (χ3v) is 13.3. The van der Waals surface area contributed by atoms with E-state index in [1.165, 1.54) is 0 Å². The lowest BCUT2D eigenvalue weighted by Gasteiger charge is -2.37. The first-order valence-corrected chi connectivity index (χ1v) is 25.0. The number of ether oxygens (including phenoxy) is 4. The van der Waals surface area contributed by atoms with Crippen LogP contribution in [-0.4, -0.2) is 69.7 Å². The summed E-state index contributed by atoms with van der Waals surface area (Å²) in [5, 5.41) is 0. The number of Topliss-reactive ketones (excluding diaryl/α,β-unsaturated/α-hetero) is 2. The summed E-state index contributed by atoms with van der Waals surface area (Å²) in [7, 11) is 0. The fraction of sp³-hybridized carbons (Fsp3) is 0.258. The number of carbonyl (C=O) groups excluding carboxylic acids is 2. The van der Waals surface area contributed by atoms with Crippen LogP contribution in [0.15, 0.2) is 207 Å². The van der Waals surface area contributed by atoms with Crippen molar-refractivity contribution in [2.75, 3.05) is 26.4 Å². The summed E-state index contributed by atoms with van der Waals surface area (Å²) < 4.78 is 26.7. The maximum atomic E-state index is 13.1. The van der Waals surface area contributed by atoms with Crippen LogP contribution in [-0.2, 0) is 30.0 Å². The zero-order valence-electron chi connectivity index (χ0n) is 40.5. The molecule has 10 rings (SSSR count). The molecule has 0 aliphatic carbocycles. The molecule has 10 nitrogen and oxygen atoms in total. The van der Waals surface area contributed by atoms with E-state index in [2.05, 4.69) is 136 Å². The van der Waals surface area contributed by atoms with E-state index in [1.54, 1.807) is 18.9 Å².